The lowest BCUT2D eigenvalue weighted by molar-refractivity contribution is 0.0203. The Hall–Kier alpha value is -1.89. The van der Waals surface area contributed by atoms with Gasteiger partial charge in [0, 0.05) is 43.7 Å². The molecular weight excluding hydrogens is 308 g/mol. The Kier molecular flexibility index (Phi) is 5.50. The van der Waals surface area contributed by atoms with Crippen LogP contribution in [0.2, 0.25) is 0 Å². The quantitative estimate of drug-likeness (QED) is 0.877. The summed E-state index contributed by atoms with van der Waals surface area (Å²) in [6.45, 7) is 6.33. The number of hydrogen-bond acceptors (Lipinski definition) is 5. The molecule has 0 radical (unpaired) electrons. The zero-order chi connectivity index (χ0) is 16.9. The third-order valence-electron chi connectivity index (χ3n) is 4.42. The van der Waals surface area contributed by atoms with Crippen LogP contribution in [0.3, 0.4) is 0 Å². The van der Waals surface area contributed by atoms with Crippen molar-refractivity contribution in [3.05, 3.63) is 35.6 Å². The van der Waals surface area contributed by atoms with Gasteiger partial charge in [0.2, 0.25) is 0 Å². The lowest BCUT2D eigenvalue weighted by Crippen LogP contribution is -2.47. The number of rotatable bonds is 6. The lowest BCUT2D eigenvalue weighted by atomic mass is 10.1. The third-order valence-corrected chi connectivity index (χ3v) is 4.42. The molecule has 1 atom stereocenters. The highest BCUT2D eigenvalue weighted by Gasteiger charge is 2.22. The number of morpholine rings is 1. The number of hydrogen-bond donors (Lipinski definition) is 1. The van der Waals surface area contributed by atoms with Crippen molar-refractivity contribution >= 4 is 16.9 Å². The molecule has 0 spiro atoms. The Balaban J connectivity index is 1.70. The molecule has 1 N–H and O–H groups in total. The van der Waals surface area contributed by atoms with Crippen LogP contribution in [0.4, 0.5) is 0 Å². The minimum absolute atomic E-state index is 0.196. The number of ether oxygens (including phenoxy) is 2. The van der Waals surface area contributed by atoms with Gasteiger partial charge in [-0.25, -0.2) is 0 Å². The number of benzene rings is 1. The first-order valence-corrected chi connectivity index (χ1v) is 8.30. The lowest BCUT2D eigenvalue weighted by Gasteiger charge is -2.32. The third kappa shape index (κ3) is 3.61. The molecule has 2 aromatic rings. The fourth-order valence-electron chi connectivity index (χ4n) is 3.04. The smallest absolute Gasteiger partial charge is 0.287 e. The van der Waals surface area contributed by atoms with Crippen LogP contribution < -0.4 is 5.32 Å². The molecule has 2 heterocycles. The van der Waals surface area contributed by atoms with E-state index in [0.717, 1.165) is 37.3 Å². The van der Waals surface area contributed by atoms with Gasteiger partial charge >= 0.3 is 0 Å². The number of methoxy groups -OCH3 is 1. The number of furan rings is 1. The van der Waals surface area contributed by atoms with Crippen LogP contribution in [0.5, 0.6) is 0 Å². The second kappa shape index (κ2) is 7.79. The Morgan fingerprint density at radius 3 is 2.83 bits per heavy atom. The first-order chi connectivity index (χ1) is 11.7. The van der Waals surface area contributed by atoms with Crippen molar-refractivity contribution in [1.82, 2.24) is 10.2 Å². The second-order valence-electron chi connectivity index (χ2n) is 6.05. The van der Waals surface area contributed by atoms with Gasteiger partial charge < -0.3 is 19.2 Å². The summed E-state index contributed by atoms with van der Waals surface area (Å²) in [7, 11) is 1.62. The van der Waals surface area contributed by atoms with Crippen LogP contribution in [0, 0.1) is 0 Å². The highest BCUT2D eigenvalue weighted by Crippen LogP contribution is 2.26. The summed E-state index contributed by atoms with van der Waals surface area (Å²) in [5, 5.41) is 3.91. The van der Waals surface area contributed by atoms with Crippen LogP contribution in [0.25, 0.3) is 11.0 Å². The van der Waals surface area contributed by atoms with Crippen LogP contribution in [0.15, 0.2) is 28.7 Å². The molecule has 24 heavy (non-hydrogen) atoms. The first kappa shape index (κ1) is 17.0. The minimum atomic E-state index is -0.196. The summed E-state index contributed by atoms with van der Waals surface area (Å²) < 4.78 is 16.4. The highest BCUT2D eigenvalue weighted by atomic mass is 16.5. The second-order valence-corrected chi connectivity index (χ2v) is 6.05. The number of amides is 1. The Bertz CT molecular complexity index is 691. The number of nitrogens with one attached hydrogen (secondary N) is 1. The van der Waals surface area contributed by atoms with Crippen LogP contribution in [-0.4, -0.2) is 56.8 Å². The topological polar surface area (TPSA) is 63.9 Å². The standard InChI is InChI=1S/C18H24N2O4/c1-13(20-7-9-23-10-8-20)11-19-18(21)17-15(12-22-2)14-5-3-4-6-16(14)24-17/h3-6,13H,7-12H2,1-2H3,(H,19,21)/t13-/m1/s1. The van der Waals surface area contributed by atoms with E-state index >= 15 is 0 Å². The predicted molar refractivity (Wildman–Crippen MR) is 91.1 cm³/mol. The molecule has 130 valence electrons. The van der Waals surface area contributed by atoms with E-state index in [2.05, 4.69) is 17.1 Å². The number of carbonyl (C=O) groups is 1. The number of para-hydroxylation sites is 1. The van der Waals surface area contributed by atoms with Crippen molar-refractivity contribution in [3.63, 3.8) is 0 Å². The number of fused-ring (bicyclic) bond motifs is 1. The summed E-state index contributed by atoms with van der Waals surface area (Å²) in [6, 6.07) is 7.89. The van der Waals surface area contributed by atoms with E-state index in [-0.39, 0.29) is 11.9 Å². The predicted octanol–water partition coefficient (Wildman–Crippen LogP) is 2.03. The average Bonchev–Trinajstić information content (AvgIpc) is 2.99. The van der Waals surface area contributed by atoms with Crippen molar-refractivity contribution in [2.45, 2.75) is 19.6 Å². The van der Waals surface area contributed by atoms with Crippen molar-refractivity contribution in [3.8, 4) is 0 Å². The average molecular weight is 332 g/mol. The van der Waals surface area contributed by atoms with E-state index in [1.807, 2.05) is 24.3 Å². The maximum Gasteiger partial charge on any atom is 0.287 e. The molecule has 0 bridgehead atoms. The Morgan fingerprint density at radius 1 is 1.33 bits per heavy atom. The molecule has 6 nitrogen and oxygen atoms in total. The fraction of sp³-hybridized carbons (Fsp3) is 0.500. The van der Waals surface area contributed by atoms with Crippen molar-refractivity contribution < 1.29 is 18.7 Å². The number of carbonyl (C=O) groups excluding carboxylic acids is 1. The van der Waals surface area contributed by atoms with Gasteiger partial charge in [-0.05, 0) is 13.0 Å². The Labute approximate surface area is 141 Å². The molecule has 6 heteroatoms. The summed E-state index contributed by atoms with van der Waals surface area (Å²) in [4.78, 5) is 14.9. The maximum atomic E-state index is 12.6. The van der Waals surface area contributed by atoms with E-state index in [1.165, 1.54) is 0 Å². The van der Waals surface area contributed by atoms with Gasteiger partial charge in [0.05, 0.1) is 19.8 Å². The van der Waals surface area contributed by atoms with E-state index in [4.69, 9.17) is 13.9 Å². The zero-order valence-corrected chi connectivity index (χ0v) is 14.2. The maximum absolute atomic E-state index is 12.6. The van der Waals surface area contributed by atoms with Gasteiger partial charge in [0.25, 0.3) is 5.91 Å². The Morgan fingerprint density at radius 2 is 2.08 bits per heavy atom. The molecule has 1 aliphatic rings. The number of nitrogens with zero attached hydrogens (tertiary/aromatic N) is 1. The molecule has 1 saturated heterocycles. The van der Waals surface area contributed by atoms with Gasteiger partial charge in [-0.2, -0.15) is 0 Å². The van der Waals surface area contributed by atoms with Gasteiger partial charge in [0.15, 0.2) is 5.76 Å². The van der Waals surface area contributed by atoms with Crippen LogP contribution in [0.1, 0.15) is 23.0 Å². The zero-order valence-electron chi connectivity index (χ0n) is 14.2. The van der Waals surface area contributed by atoms with E-state index in [9.17, 15) is 4.79 Å². The molecule has 1 amide bonds. The summed E-state index contributed by atoms with van der Waals surface area (Å²) in [5.74, 6) is 0.144. The van der Waals surface area contributed by atoms with E-state index < -0.39 is 0 Å². The van der Waals surface area contributed by atoms with Crippen molar-refractivity contribution in [2.75, 3.05) is 40.0 Å². The molecule has 0 saturated carbocycles. The highest BCUT2D eigenvalue weighted by molar-refractivity contribution is 5.99. The van der Waals surface area contributed by atoms with Gasteiger partial charge in [-0.1, -0.05) is 18.2 Å². The van der Waals surface area contributed by atoms with E-state index in [0.29, 0.717) is 24.5 Å². The molecule has 0 unspecified atom stereocenters. The van der Waals surface area contributed by atoms with Gasteiger partial charge in [-0.15, -0.1) is 0 Å². The monoisotopic (exact) mass is 332 g/mol. The normalized spacial score (nSPS) is 17.1. The van der Waals surface area contributed by atoms with Gasteiger partial charge in [-0.3, -0.25) is 9.69 Å². The van der Waals surface area contributed by atoms with Crippen molar-refractivity contribution in [1.29, 1.82) is 0 Å². The molecule has 1 aliphatic heterocycles. The van der Waals surface area contributed by atoms with E-state index in [1.54, 1.807) is 7.11 Å². The fourth-order valence-corrected chi connectivity index (χ4v) is 3.04. The van der Waals surface area contributed by atoms with Gasteiger partial charge in [0.1, 0.15) is 5.58 Å². The molecule has 0 aliphatic carbocycles. The molecular formula is C18H24N2O4. The molecule has 1 aromatic carbocycles. The largest absolute Gasteiger partial charge is 0.451 e. The van der Waals surface area contributed by atoms with Crippen LogP contribution in [-0.2, 0) is 16.1 Å². The minimum Gasteiger partial charge on any atom is -0.451 e. The summed E-state index contributed by atoms with van der Waals surface area (Å²) in [5.41, 5.74) is 1.50. The van der Waals surface area contributed by atoms with Crippen molar-refractivity contribution in [2.24, 2.45) is 0 Å². The summed E-state index contributed by atoms with van der Waals surface area (Å²) >= 11 is 0. The SMILES string of the molecule is COCc1c(C(=O)NC[C@@H](C)N2CCOCC2)oc2ccccc12. The first-order valence-electron chi connectivity index (χ1n) is 8.30. The van der Waals surface area contributed by atoms with Crippen LogP contribution >= 0.6 is 0 Å². The molecule has 1 fully saturated rings. The molecule has 1 aromatic heterocycles. The molecule has 3 rings (SSSR count). The summed E-state index contributed by atoms with van der Waals surface area (Å²) in [6.07, 6.45) is 0.